The maximum Gasteiger partial charge on any atom is 0.244 e. The number of hydrogen-bond donors (Lipinski definition) is 0. The average molecular weight is 686 g/mol. The number of aryl methyl sites for hydroxylation is 2. The standard InChI is InChI=1S/C45H31N7O/c1-29-12-10-21-40-44(29)47-45-51(40)39-23-22-33(53-32-16-11-15-31(24-32)49-28-48(2)37-19-8-9-20-38(37)49)25-42(39)52(45)43-26-41-35(27-46-43)34-17-6-7-18-36(34)50(41)30-13-4-3-5-14-30/h3-27H,1-2H3. The number of nitrogens with zero attached hydrogens (tertiary/aromatic N) is 7. The number of aromatic nitrogens is 7. The summed E-state index contributed by atoms with van der Waals surface area (Å²) in [4.78, 5) is 10.4. The van der Waals surface area contributed by atoms with Crippen molar-refractivity contribution in [2.45, 2.75) is 6.92 Å². The van der Waals surface area contributed by atoms with E-state index in [1.807, 2.05) is 54.2 Å². The van der Waals surface area contributed by atoms with Gasteiger partial charge in [0.2, 0.25) is 12.1 Å². The first-order valence-electron chi connectivity index (χ1n) is 17.6. The van der Waals surface area contributed by atoms with Crippen molar-refractivity contribution in [3.05, 3.63) is 164 Å². The van der Waals surface area contributed by atoms with Crippen molar-refractivity contribution < 1.29 is 9.30 Å². The smallest absolute Gasteiger partial charge is 0.244 e. The van der Waals surface area contributed by atoms with Gasteiger partial charge in [0.15, 0.2) is 0 Å². The number of pyridine rings is 1. The summed E-state index contributed by atoms with van der Waals surface area (Å²) in [5.41, 5.74) is 11.5. The Bertz CT molecular complexity index is 3240. The van der Waals surface area contributed by atoms with E-state index in [-0.39, 0.29) is 0 Å². The molecule has 5 aromatic heterocycles. The van der Waals surface area contributed by atoms with Gasteiger partial charge in [0.25, 0.3) is 0 Å². The third-order valence-electron chi connectivity index (χ3n) is 10.3. The molecule has 0 aliphatic heterocycles. The van der Waals surface area contributed by atoms with Crippen molar-refractivity contribution in [3.63, 3.8) is 0 Å². The largest absolute Gasteiger partial charge is 0.458 e. The monoisotopic (exact) mass is 685 g/mol. The number of hydrogen-bond acceptors (Lipinski definition) is 3. The van der Waals surface area contributed by atoms with Gasteiger partial charge in [-0.2, -0.15) is 0 Å². The van der Waals surface area contributed by atoms with Gasteiger partial charge in [-0.1, -0.05) is 84.9 Å². The van der Waals surface area contributed by atoms with Gasteiger partial charge in [-0.25, -0.2) is 9.97 Å². The fourth-order valence-corrected chi connectivity index (χ4v) is 7.93. The molecule has 53 heavy (non-hydrogen) atoms. The van der Waals surface area contributed by atoms with Gasteiger partial charge in [-0.05, 0) is 61.0 Å². The highest BCUT2D eigenvalue weighted by Crippen LogP contribution is 2.37. The molecule has 0 spiro atoms. The molecule has 0 fully saturated rings. The third-order valence-corrected chi connectivity index (χ3v) is 10.3. The van der Waals surface area contributed by atoms with Gasteiger partial charge in [0, 0.05) is 34.8 Å². The maximum atomic E-state index is 6.62. The van der Waals surface area contributed by atoms with Crippen LogP contribution in [0.25, 0.3) is 77.9 Å². The van der Waals surface area contributed by atoms with Crippen LogP contribution in [-0.4, -0.2) is 28.1 Å². The van der Waals surface area contributed by atoms with Gasteiger partial charge in [0.05, 0.1) is 56.9 Å². The van der Waals surface area contributed by atoms with Gasteiger partial charge in [-0.3, -0.25) is 8.97 Å². The fourth-order valence-electron chi connectivity index (χ4n) is 7.93. The molecule has 0 saturated heterocycles. The molecule has 0 aliphatic rings. The minimum Gasteiger partial charge on any atom is -0.458 e. The molecule has 0 atom stereocenters. The lowest BCUT2D eigenvalue weighted by Crippen LogP contribution is -2.26. The van der Waals surface area contributed by atoms with E-state index >= 15 is 0 Å². The first-order chi connectivity index (χ1) is 26.1. The zero-order chi connectivity index (χ0) is 35.2. The molecule has 0 radical (unpaired) electrons. The first-order valence-corrected chi connectivity index (χ1v) is 17.6. The summed E-state index contributed by atoms with van der Waals surface area (Å²) in [6.07, 6.45) is 5.43. The van der Waals surface area contributed by atoms with E-state index in [0.29, 0.717) is 5.75 Å². The molecule has 0 unspecified atom stereocenters. The Morgan fingerprint density at radius 3 is 2.25 bits per heavy atom. The van der Waals surface area contributed by atoms with E-state index in [4.69, 9.17) is 14.7 Å². The van der Waals surface area contributed by atoms with Gasteiger partial charge in [-0.15, -0.1) is 0 Å². The molecular weight excluding hydrogens is 655 g/mol. The topological polar surface area (TPSA) is 58.1 Å². The minimum absolute atomic E-state index is 0.712. The molecular formula is C45H31N7O. The summed E-state index contributed by atoms with van der Waals surface area (Å²) in [6.45, 7) is 2.11. The lowest BCUT2D eigenvalue weighted by Gasteiger charge is -2.11. The van der Waals surface area contributed by atoms with Crippen LogP contribution in [0, 0.1) is 13.3 Å². The van der Waals surface area contributed by atoms with E-state index in [1.54, 1.807) is 0 Å². The Morgan fingerprint density at radius 1 is 0.585 bits per heavy atom. The SMILES string of the molecule is Cc1cccc2c1nc1n(-c3cc4c(cn3)c3ccccc3n4-c3ccccc3)c3cc(Oc4cccc(-n5[c-][n+](C)c6ccccc65)c4)ccc3n21. The zero-order valence-electron chi connectivity index (χ0n) is 29.0. The van der Waals surface area contributed by atoms with Crippen molar-refractivity contribution in [2.24, 2.45) is 7.05 Å². The first kappa shape index (κ1) is 29.5. The van der Waals surface area contributed by atoms with Crippen LogP contribution in [0.4, 0.5) is 0 Å². The Labute approximate surface area is 303 Å². The lowest BCUT2D eigenvalue weighted by molar-refractivity contribution is -0.649. The second-order valence-electron chi connectivity index (χ2n) is 13.5. The molecule has 8 nitrogen and oxygen atoms in total. The number of rotatable bonds is 5. The van der Waals surface area contributed by atoms with Gasteiger partial charge < -0.3 is 18.4 Å². The summed E-state index contributed by atoms with van der Waals surface area (Å²) < 4.78 is 17.4. The Kier molecular flexibility index (Phi) is 6.22. The van der Waals surface area contributed by atoms with Gasteiger partial charge in [0.1, 0.15) is 17.3 Å². The summed E-state index contributed by atoms with van der Waals surface area (Å²) in [7, 11) is 2.01. The molecule has 0 amide bonds. The normalized spacial score (nSPS) is 12.0. The summed E-state index contributed by atoms with van der Waals surface area (Å²) in [5.74, 6) is 3.00. The van der Waals surface area contributed by atoms with Crippen molar-refractivity contribution >= 4 is 60.7 Å². The van der Waals surface area contributed by atoms with Crippen LogP contribution >= 0.6 is 0 Å². The Morgan fingerprint density at radius 2 is 1.34 bits per heavy atom. The van der Waals surface area contributed by atoms with Gasteiger partial charge >= 0.3 is 0 Å². The molecule has 252 valence electrons. The molecule has 11 aromatic rings. The molecule has 8 heteroatoms. The highest BCUT2D eigenvalue weighted by atomic mass is 16.5. The summed E-state index contributed by atoms with van der Waals surface area (Å²) in [6, 6.07) is 50.2. The zero-order valence-corrected chi connectivity index (χ0v) is 29.0. The van der Waals surface area contributed by atoms with Crippen molar-refractivity contribution in [2.75, 3.05) is 0 Å². The molecule has 5 heterocycles. The number of fused-ring (bicyclic) bond motifs is 9. The van der Waals surface area contributed by atoms with Crippen LogP contribution in [0.2, 0.25) is 0 Å². The van der Waals surface area contributed by atoms with Crippen molar-refractivity contribution in [1.82, 2.24) is 28.1 Å². The van der Waals surface area contributed by atoms with E-state index in [1.165, 1.54) is 0 Å². The quantitative estimate of drug-likeness (QED) is 0.134. The number of benzene rings is 6. The van der Waals surface area contributed by atoms with Crippen LogP contribution in [0.15, 0.2) is 152 Å². The number of ether oxygens (including phenoxy) is 1. The molecule has 0 bridgehead atoms. The second kappa shape index (κ2) is 11.2. The molecule has 0 aliphatic carbocycles. The third kappa shape index (κ3) is 4.39. The predicted octanol–water partition coefficient (Wildman–Crippen LogP) is 9.59. The van der Waals surface area contributed by atoms with E-state index in [9.17, 15) is 0 Å². The predicted molar refractivity (Wildman–Crippen MR) is 210 cm³/mol. The second-order valence-corrected chi connectivity index (χ2v) is 13.5. The van der Waals surface area contributed by atoms with Crippen molar-refractivity contribution in [3.8, 4) is 28.7 Å². The average Bonchev–Trinajstić information content (AvgIpc) is 3.93. The van der Waals surface area contributed by atoms with E-state index in [2.05, 4.69) is 141 Å². The highest BCUT2D eigenvalue weighted by molar-refractivity contribution is 6.09. The highest BCUT2D eigenvalue weighted by Gasteiger charge is 2.21. The van der Waals surface area contributed by atoms with Crippen LogP contribution < -0.4 is 9.30 Å². The Hall–Kier alpha value is -7.19. The molecule has 0 saturated carbocycles. The van der Waals surface area contributed by atoms with Crippen LogP contribution in [0.3, 0.4) is 0 Å². The summed E-state index contributed by atoms with van der Waals surface area (Å²) >= 11 is 0. The fraction of sp³-hybridized carbons (Fsp3) is 0.0444. The molecule has 6 aromatic carbocycles. The lowest BCUT2D eigenvalue weighted by atomic mass is 10.2. The van der Waals surface area contributed by atoms with Crippen molar-refractivity contribution in [1.29, 1.82) is 0 Å². The maximum absolute atomic E-state index is 6.62. The van der Waals surface area contributed by atoms with E-state index < -0.39 is 0 Å². The minimum atomic E-state index is 0.712. The summed E-state index contributed by atoms with van der Waals surface area (Å²) in [5, 5.41) is 2.25. The van der Waals surface area contributed by atoms with E-state index in [0.717, 1.165) is 89.2 Å². The van der Waals surface area contributed by atoms with Crippen LogP contribution in [0.5, 0.6) is 11.5 Å². The number of imidazole rings is 3. The number of para-hydroxylation sites is 5. The molecule has 0 N–H and O–H groups in total. The molecule has 11 rings (SSSR count). The van der Waals surface area contributed by atoms with Crippen LogP contribution in [0.1, 0.15) is 5.56 Å². The Balaban J connectivity index is 1.11. The van der Waals surface area contributed by atoms with Crippen LogP contribution in [-0.2, 0) is 7.05 Å².